The number of Topliss-reactive ketones (excluding diaryl/α,β-unsaturated/α-hetero) is 1. The molecule has 9 nitrogen and oxygen atoms in total. The summed E-state index contributed by atoms with van der Waals surface area (Å²) in [6.07, 6.45) is -0.430. The summed E-state index contributed by atoms with van der Waals surface area (Å²) in [6, 6.07) is 4.35. The Morgan fingerprint density at radius 2 is 1.57 bits per heavy atom. The average molecular weight is 443 g/mol. The highest BCUT2D eigenvalue weighted by Gasteiger charge is 2.35. The van der Waals surface area contributed by atoms with Crippen molar-refractivity contribution in [2.75, 3.05) is 63.9 Å². The van der Waals surface area contributed by atoms with E-state index in [1.54, 1.807) is 24.0 Å². The van der Waals surface area contributed by atoms with Crippen LogP contribution in [0.1, 0.15) is 24.2 Å². The van der Waals surface area contributed by atoms with Crippen molar-refractivity contribution in [1.82, 2.24) is 13.5 Å². The Morgan fingerprint density at radius 3 is 2.07 bits per heavy atom. The van der Waals surface area contributed by atoms with Gasteiger partial charge in [-0.1, -0.05) is 0 Å². The normalized spacial score (nSPS) is 19.0. The third-order valence-electron chi connectivity index (χ3n) is 5.35. The second-order valence-corrected chi connectivity index (χ2v) is 9.13. The molecule has 0 unspecified atom stereocenters. The number of amides is 1. The Balaban J connectivity index is 1.58. The molecule has 0 bridgehead atoms. The molecule has 0 spiro atoms. The lowest BCUT2D eigenvalue weighted by molar-refractivity contribution is 0.0923. The van der Waals surface area contributed by atoms with Gasteiger partial charge in [-0.05, 0) is 32.0 Å². The van der Waals surface area contributed by atoms with Gasteiger partial charge >= 0.3 is 6.09 Å². The lowest BCUT2D eigenvalue weighted by Crippen LogP contribution is -2.57. The van der Waals surface area contributed by atoms with Crippen molar-refractivity contribution in [2.45, 2.75) is 13.8 Å². The smallest absolute Gasteiger partial charge is 0.409 e. The zero-order valence-electron chi connectivity index (χ0n) is 17.2. The molecule has 2 fully saturated rings. The number of carbonyl (C=O) groups excluding carboxylic acids is 2. The molecular weight excluding hydrogens is 415 g/mol. The van der Waals surface area contributed by atoms with Crippen LogP contribution in [0.25, 0.3) is 0 Å². The van der Waals surface area contributed by atoms with Gasteiger partial charge in [0.1, 0.15) is 5.82 Å². The fourth-order valence-corrected chi connectivity index (χ4v) is 5.20. The molecular formula is C19H27FN4O5S. The highest BCUT2D eigenvalue weighted by Crippen LogP contribution is 2.24. The van der Waals surface area contributed by atoms with Gasteiger partial charge in [0.15, 0.2) is 5.78 Å². The number of carbonyl (C=O) groups is 2. The van der Waals surface area contributed by atoms with Gasteiger partial charge in [0.05, 0.1) is 12.3 Å². The van der Waals surface area contributed by atoms with E-state index >= 15 is 0 Å². The predicted octanol–water partition coefficient (Wildman–Crippen LogP) is 1.17. The van der Waals surface area contributed by atoms with Crippen molar-refractivity contribution >= 4 is 27.8 Å². The van der Waals surface area contributed by atoms with Crippen LogP contribution in [-0.4, -0.2) is 92.8 Å². The van der Waals surface area contributed by atoms with Crippen molar-refractivity contribution in [1.29, 1.82) is 0 Å². The predicted molar refractivity (Wildman–Crippen MR) is 109 cm³/mol. The Bertz CT molecular complexity index is 894. The first-order chi connectivity index (χ1) is 14.2. The zero-order valence-corrected chi connectivity index (χ0v) is 18.0. The van der Waals surface area contributed by atoms with Gasteiger partial charge in [-0.3, -0.25) is 4.79 Å². The van der Waals surface area contributed by atoms with Gasteiger partial charge in [-0.2, -0.15) is 17.0 Å². The van der Waals surface area contributed by atoms with E-state index in [0.29, 0.717) is 24.3 Å². The van der Waals surface area contributed by atoms with Gasteiger partial charge in [0, 0.05) is 57.9 Å². The van der Waals surface area contributed by atoms with Gasteiger partial charge in [0.25, 0.3) is 10.2 Å². The van der Waals surface area contributed by atoms with Gasteiger partial charge in [0.2, 0.25) is 0 Å². The van der Waals surface area contributed by atoms with Crippen molar-refractivity contribution in [2.24, 2.45) is 0 Å². The first-order valence-corrected chi connectivity index (χ1v) is 11.4. The molecule has 11 heteroatoms. The van der Waals surface area contributed by atoms with Crippen LogP contribution in [0.5, 0.6) is 0 Å². The third kappa shape index (κ3) is 4.73. The molecule has 0 saturated carbocycles. The molecule has 2 saturated heterocycles. The highest BCUT2D eigenvalue weighted by atomic mass is 32.2. The molecule has 0 radical (unpaired) electrons. The summed E-state index contributed by atoms with van der Waals surface area (Å²) in [5, 5.41) is 0. The second-order valence-electron chi connectivity index (χ2n) is 7.20. The molecule has 0 aliphatic carbocycles. The lowest BCUT2D eigenvalue weighted by Gasteiger charge is -2.40. The van der Waals surface area contributed by atoms with Crippen LogP contribution in [0, 0.1) is 5.82 Å². The zero-order chi connectivity index (χ0) is 21.9. The Labute approximate surface area is 176 Å². The van der Waals surface area contributed by atoms with Crippen LogP contribution in [0.15, 0.2) is 18.2 Å². The maximum Gasteiger partial charge on any atom is 0.409 e. The van der Waals surface area contributed by atoms with E-state index in [0.717, 1.165) is 0 Å². The Morgan fingerprint density at radius 1 is 1.00 bits per heavy atom. The number of ether oxygens (including phenoxy) is 1. The van der Waals surface area contributed by atoms with E-state index in [2.05, 4.69) is 0 Å². The Kier molecular flexibility index (Phi) is 6.94. The number of piperazine rings is 2. The van der Waals surface area contributed by atoms with E-state index in [-0.39, 0.29) is 51.7 Å². The van der Waals surface area contributed by atoms with Crippen LogP contribution >= 0.6 is 0 Å². The Hall–Kier alpha value is -2.24. The number of halogens is 1. The van der Waals surface area contributed by atoms with Gasteiger partial charge in [-0.15, -0.1) is 0 Å². The second kappa shape index (κ2) is 9.27. The summed E-state index contributed by atoms with van der Waals surface area (Å²) in [5.41, 5.74) is 0.666. The molecule has 3 rings (SSSR count). The molecule has 2 aliphatic heterocycles. The number of hydrogen-bond donors (Lipinski definition) is 0. The van der Waals surface area contributed by atoms with Crippen LogP contribution < -0.4 is 4.90 Å². The number of benzene rings is 1. The number of hydrogen-bond acceptors (Lipinski definition) is 6. The highest BCUT2D eigenvalue weighted by molar-refractivity contribution is 7.86. The van der Waals surface area contributed by atoms with Crippen LogP contribution in [0.3, 0.4) is 0 Å². The topological polar surface area (TPSA) is 90.5 Å². The van der Waals surface area contributed by atoms with E-state index in [1.807, 2.05) is 0 Å². The third-order valence-corrected chi connectivity index (χ3v) is 7.39. The molecule has 0 aromatic heterocycles. The molecule has 30 heavy (non-hydrogen) atoms. The van der Waals surface area contributed by atoms with E-state index in [4.69, 9.17) is 4.74 Å². The molecule has 1 aromatic carbocycles. The number of ketones is 1. The minimum atomic E-state index is -3.66. The molecule has 1 amide bonds. The quantitative estimate of drug-likeness (QED) is 0.636. The van der Waals surface area contributed by atoms with Crippen molar-refractivity contribution in [3.63, 3.8) is 0 Å². The summed E-state index contributed by atoms with van der Waals surface area (Å²) >= 11 is 0. The molecule has 2 aliphatic rings. The summed E-state index contributed by atoms with van der Waals surface area (Å²) < 4.78 is 48.0. The van der Waals surface area contributed by atoms with Gasteiger partial charge < -0.3 is 14.5 Å². The summed E-state index contributed by atoms with van der Waals surface area (Å²) in [5.74, 6) is -0.700. The largest absolute Gasteiger partial charge is 0.450 e. The minimum Gasteiger partial charge on any atom is -0.450 e. The lowest BCUT2D eigenvalue weighted by atomic mass is 10.1. The SMILES string of the molecule is CCOC(=O)N1CCN(S(=O)(=O)N2CCN(c3ccc(C(C)=O)cc3F)CC2)CC1. The monoisotopic (exact) mass is 442 g/mol. The van der Waals surface area contributed by atoms with E-state index < -0.39 is 22.1 Å². The number of rotatable bonds is 5. The molecule has 0 N–H and O–H groups in total. The molecule has 0 atom stereocenters. The van der Waals surface area contributed by atoms with Crippen LogP contribution in [0.4, 0.5) is 14.9 Å². The summed E-state index contributed by atoms with van der Waals surface area (Å²) in [7, 11) is -3.66. The first-order valence-electron chi connectivity index (χ1n) is 9.96. The standard InChI is InChI=1S/C19H27FN4O5S/c1-3-29-19(26)22-8-12-24(13-9-22)30(27,28)23-10-6-21(7-11-23)18-5-4-16(15(2)25)14-17(18)20/h4-5,14H,3,6-13H2,1-2H3. The number of anilines is 1. The first kappa shape index (κ1) is 22.4. The van der Waals surface area contributed by atoms with Crippen LogP contribution in [0.2, 0.25) is 0 Å². The van der Waals surface area contributed by atoms with Crippen molar-refractivity contribution in [3.05, 3.63) is 29.6 Å². The molecule has 1 aromatic rings. The maximum absolute atomic E-state index is 14.4. The van der Waals surface area contributed by atoms with Gasteiger partial charge in [-0.25, -0.2) is 9.18 Å². The van der Waals surface area contributed by atoms with E-state index in [9.17, 15) is 22.4 Å². The fraction of sp³-hybridized carbons (Fsp3) is 0.579. The fourth-order valence-electron chi connectivity index (χ4n) is 3.62. The number of nitrogens with zero attached hydrogens (tertiary/aromatic N) is 4. The average Bonchev–Trinajstić information content (AvgIpc) is 2.74. The summed E-state index contributed by atoms with van der Waals surface area (Å²) in [4.78, 5) is 26.5. The minimum absolute atomic E-state index is 0.209. The molecule has 166 valence electrons. The van der Waals surface area contributed by atoms with Crippen LogP contribution in [-0.2, 0) is 14.9 Å². The van der Waals surface area contributed by atoms with Crippen molar-refractivity contribution in [3.8, 4) is 0 Å². The van der Waals surface area contributed by atoms with E-state index in [1.165, 1.54) is 26.5 Å². The summed E-state index contributed by atoms with van der Waals surface area (Å²) in [6.45, 7) is 5.52. The van der Waals surface area contributed by atoms with Crippen molar-refractivity contribution < 1.29 is 27.1 Å². The maximum atomic E-state index is 14.4. The molecule has 2 heterocycles.